The molecule has 0 aliphatic rings. The molecule has 3 rings (SSSR count). The van der Waals surface area contributed by atoms with Gasteiger partial charge >= 0.3 is 5.97 Å². The summed E-state index contributed by atoms with van der Waals surface area (Å²) in [5.74, 6) is -1.51. The number of nitrogens with zero attached hydrogens (tertiary/aromatic N) is 3. The van der Waals surface area contributed by atoms with Gasteiger partial charge in [-0.1, -0.05) is 0 Å². The average molecular weight is 274 g/mol. The van der Waals surface area contributed by atoms with Crippen LogP contribution < -0.4 is 0 Å². The second kappa shape index (κ2) is 4.44. The maximum absolute atomic E-state index is 13.6. The Morgan fingerprint density at radius 3 is 2.95 bits per heavy atom. The van der Waals surface area contributed by atoms with Gasteiger partial charge in [0.1, 0.15) is 17.7 Å². The first kappa shape index (κ1) is 12.3. The van der Waals surface area contributed by atoms with Crippen molar-refractivity contribution in [2.75, 3.05) is 0 Å². The molecule has 0 amide bonds. The molecule has 20 heavy (non-hydrogen) atoms. The quantitative estimate of drug-likeness (QED) is 0.767. The van der Waals surface area contributed by atoms with E-state index in [1.807, 2.05) is 6.92 Å². The van der Waals surface area contributed by atoms with Gasteiger partial charge in [-0.3, -0.25) is 4.68 Å². The third-order valence-electron chi connectivity index (χ3n) is 3.14. The molecule has 0 radical (unpaired) electrons. The van der Waals surface area contributed by atoms with Gasteiger partial charge in [0.2, 0.25) is 0 Å². The number of carboxylic acid groups (broad SMARTS) is 1. The third kappa shape index (κ3) is 1.93. The van der Waals surface area contributed by atoms with Crippen LogP contribution in [0.15, 0.2) is 30.6 Å². The van der Waals surface area contributed by atoms with Gasteiger partial charge in [-0.05, 0) is 19.1 Å². The zero-order chi connectivity index (χ0) is 14.3. The fraction of sp³-hybridized carbons (Fsp3) is 0.154. The van der Waals surface area contributed by atoms with Crippen LogP contribution in [-0.4, -0.2) is 30.8 Å². The van der Waals surface area contributed by atoms with E-state index in [1.165, 1.54) is 6.07 Å². The minimum atomic E-state index is -1.31. The standard InChI is InChI=1S/C13H11FN4O2/c1-7(18-4-2-3-15-18)12-16-10-5-8(13(19)20)9(14)6-11(10)17-12/h2-7H,1H3,(H,16,17)(H,19,20). The van der Waals surface area contributed by atoms with Crippen LogP contribution in [0.2, 0.25) is 0 Å². The second-order valence-corrected chi connectivity index (χ2v) is 4.44. The molecule has 0 bridgehead atoms. The molecule has 0 aliphatic carbocycles. The monoisotopic (exact) mass is 274 g/mol. The Morgan fingerprint density at radius 1 is 1.50 bits per heavy atom. The number of benzene rings is 1. The SMILES string of the molecule is CC(c1nc2cc(C(=O)O)c(F)cc2[nH]1)n1cccn1. The van der Waals surface area contributed by atoms with Crippen LogP contribution in [0.25, 0.3) is 11.0 Å². The smallest absolute Gasteiger partial charge is 0.338 e. The van der Waals surface area contributed by atoms with E-state index in [1.54, 1.807) is 23.1 Å². The van der Waals surface area contributed by atoms with Crippen LogP contribution in [-0.2, 0) is 0 Å². The lowest BCUT2D eigenvalue weighted by molar-refractivity contribution is 0.0692. The van der Waals surface area contributed by atoms with Gasteiger partial charge in [0.25, 0.3) is 0 Å². The number of hydrogen-bond acceptors (Lipinski definition) is 3. The number of aromatic carboxylic acids is 1. The van der Waals surface area contributed by atoms with Crippen LogP contribution in [0, 0.1) is 5.82 Å². The zero-order valence-electron chi connectivity index (χ0n) is 10.5. The predicted molar refractivity (Wildman–Crippen MR) is 69.1 cm³/mol. The number of nitrogens with one attached hydrogen (secondary N) is 1. The van der Waals surface area contributed by atoms with Gasteiger partial charge < -0.3 is 10.1 Å². The van der Waals surface area contributed by atoms with Gasteiger partial charge in [0.15, 0.2) is 0 Å². The Kier molecular flexibility index (Phi) is 2.74. The van der Waals surface area contributed by atoms with E-state index >= 15 is 0 Å². The highest BCUT2D eigenvalue weighted by molar-refractivity contribution is 5.92. The number of aromatic nitrogens is 4. The van der Waals surface area contributed by atoms with E-state index in [9.17, 15) is 9.18 Å². The number of imidazole rings is 1. The molecule has 2 N–H and O–H groups in total. The Morgan fingerprint density at radius 2 is 2.30 bits per heavy atom. The number of H-pyrrole nitrogens is 1. The Balaban J connectivity index is 2.09. The summed E-state index contributed by atoms with van der Waals surface area (Å²) in [5.41, 5.74) is 0.488. The van der Waals surface area contributed by atoms with E-state index < -0.39 is 11.8 Å². The van der Waals surface area contributed by atoms with Crippen molar-refractivity contribution in [1.29, 1.82) is 0 Å². The van der Waals surface area contributed by atoms with Crippen LogP contribution in [0.1, 0.15) is 29.1 Å². The molecule has 2 aromatic heterocycles. The molecular formula is C13H11FN4O2. The average Bonchev–Trinajstić information content (AvgIpc) is 3.05. The van der Waals surface area contributed by atoms with Crippen molar-refractivity contribution in [3.63, 3.8) is 0 Å². The van der Waals surface area contributed by atoms with E-state index in [0.717, 1.165) is 6.07 Å². The molecule has 0 spiro atoms. The first-order chi connectivity index (χ1) is 9.56. The van der Waals surface area contributed by atoms with E-state index in [0.29, 0.717) is 16.9 Å². The molecule has 0 fully saturated rings. The van der Waals surface area contributed by atoms with Crippen molar-refractivity contribution in [3.05, 3.63) is 47.8 Å². The third-order valence-corrected chi connectivity index (χ3v) is 3.14. The summed E-state index contributed by atoms with van der Waals surface area (Å²) in [5, 5.41) is 13.0. The molecule has 1 aromatic carbocycles. The number of aromatic amines is 1. The molecule has 2 heterocycles. The number of hydrogen-bond donors (Lipinski definition) is 2. The lowest BCUT2D eigenvalue weighted by Crippen LogP contribution is -2.08. The first-order valence-corrected chi connectivity index (χ1v) is 5.98. The van der Waals surface area contributed by atoms with Gasteiger partial charge in [-0.25, -0.2) is 14.2 Å². The fourth-order valence-corrected chi connectivity index (χ4v) is 2.05. The zero-order valence-corrected chi connectivity index (χ0v) is 10.5. The molecule has 6 nitrogen and oxygen atoms in total. The number of carboxylic acids is 1. The summed E-state index contributed by atoms with van der Waals surface area (Å²) in [6.07, 6.45) is 3.45. The topological polar surface area (TPSA) is 83.8 Å². The highest BCUT2D eigenvalue weighted by Gasteiger charge is 2.17. The van der Waals surface area contributed by atoms with Crippen molar-refractivity contribution >= 4 is 17.0 Å². The van der Waals surface area contributed by atoms with Gasteiger partial charge in [0.05, 0.1) is 16.6 Å². The largest absolute Gasteiger partial charge is 0.478 e. The van der Waals surface area contributed by atoms with Crippen molar-refractivity contribution in [3.8, 4) is 0 Å². The summed E-state index contributed by atoms with van der Waals surface area (Å²) < 4.78 is 15.3. The van der Waals surface area contributed by atoms with Crippen LogP contribution in [0.3, 0.4) is 0 Å². The molecule has 7 heteroatoms. The summed E-state index contributed by atoms with van der Waals surface area (Å²) >= 11 is 0. The molecule has 0 aliphatic heterocycles. The summed E-state index contributed by atoms with van der Waals surface area (Å²) in [6, 6.07) is 4.00. The van der Waals surface area contributed by atoms with E-state index in [4.69, 9.17) is 5.11 Å². The van der Waals surface area contributed by atoms with Gasteiger partial charge in [-0.2, -0.15) is 5.10 Å². The van der Waals surface area contributed by atoms with Crippen LogP contribution in [0.4, 0.5) is 4.39 Å². The Labute approximate surface area is 112 Å². The van der Waals surface area contributed by atoms with Crippen molar-refractivity contribution in [2.45, 2.75) is 13.0 Å². The first-order valence-electron chi connectivity index (χ1n) is 5.98. The van der Waals surface area contributed by atoms with Crippen LogP contribution in [0.5, 0.6) is 0 Å². The summed E-state index contributed by atoms with van der Waals surface area (Å²) in [4.78, 5) is 18.2. The molecule has 0 saturated heterocycles. The fourth-order valence-electron chi connectivity index (χ4n) is 2.05. The van der Waals surface area contributed by atoms with Crippen molar-refractivity contribution < 1.29 is 14.3 Å². The number of halogens is 1. The number of carbonyl (C=O) groups is 1. The molecular weight excluding hydrogens is 263 g/mol. The second-order valence-electron chi connectivity index (χ2n) is 4.44. The Bertz CT molecular complexity index is 779. The lowest BCUT2D eigenvalue weighted by Gasteiger charge is -2.08. The lowest BCUT2D eigenvalue weighted by atomic mass is 10.2. The highest BCUT2D eigenvalue weighted by Crippen LogP contribution is 2.21. The van der Waals surface area contributed by atoms with E-state index in [2.05, 4.69) is 15.1 Å². The highest BCUT2D eigenvalue weighted by atomic mass is 19.1. The van der Waals surface area contributed by atoms with E-state index in [-0.39, 0.29) is 11.6 Å². The predicted octanol–water partition coefficient (Wildman–Crippen LogP) is 2.21. The maximum Gasteiger partial charge on any atom is 0.338 e. The van der Waals surface area contributed by atoms with Crippen molar-refractivity contribution in [1.82, 2.24) is 19.7 Å². The molecule has 102 valence electrons. The van der Waals surface area contributed by atoms with Crippen molar-refractivity contribution in [2.24, 2.45) is 0 Å². The molecule has 1 atom stereocenters. The minimum absolute atomic E-state index is 0.159. The van der Waals surface area contributed by atoms with Gasteiger partial charge in [0, 0.05) is 18.5 Å². The molecule has 3 aromatic rings. The Hall–Kier alpha value is -2.70. The molecule has 1 unspecified atom stereocenters. The maximum atomic E-state index is 13.6. The summed E-state index contributed by atoms with van der Waals surface area (Å²) in [6.45, 7) is 1.89. The van der Waals surface area contributed by atoms with Gasteiger partial charge in [-0.15, -0.1) is 0 Å². The van der Waals surface area contributed by atoms with Crippen LogP contribution >= 0.6 is 0 Å². The number of fused-ring (bicyclic) bond motifs is 1. The normalized spacial score (nSPS) is 12.7. The number of rotatable bonds is 3. The minimum Gasteiger partial charge on any atom is -0.478 e. The molecule has 0 saturated carbocycles. The summed E-state index contributed by atoms with van der Waals surface area (Å²) in [7, 11) is 0.